The van der Waals surface area contributed by atoms with Crippen LogP contribution < -0.4 is 10.6 Å². The lowest BCUT2D eigenvalue weighted by molar-refractivity contribution is -0.207. The number of nitrogens with one attached hydrogen (secondary N) is 2. The summed E-state index contributed by atoms with van der Waals surface area (Å²) in [5, 5.41) is 2.36. The Hall–Kier alpha value is -2.17. The third-order valence-corrected chi connectivity index (χ3v) is 3.21. The van der Waals surface area contributed by atoms with Crippen LogP contribution in [0.4, 0.5) is 32.0 Å². The molecule has 0 aromatic heterocycles. The van der Waals surface area contributed by atoms with Gasteiger partial charge in [0, 0.05) is 17.6 Å². The molecule has 5 nitrogen and oxygen atoms in total. The normalized spacial score (nSPS) is 14.3. The molecular weight excluding hydrogens is 394 g/mol. The van der Waals surface area contributed by atoms with Crippen LogP contribution in [0.15, 0.2) is 18.2 Å². The van der Waals surface area contributed by atoms with Crippen molar-refractivity contribution >= 4 is 29.2 Å². The highest BCUT2D eigenvalue weighted by Crippen LogP contribution is 2.40. The van der Waals surface area contributed by atoms with Crippen molar-refractivity contribution in [3.05, 3.63) is 28.8 Å². The van der Waals surface area contributed by atoms with E-state index < -0.39 is 52.8 Å². The number of carbonyl (C=O) groups excluding carboxylic acids is 2. The van der Waals surface area contributed by atoms with Gasteiger partial charge in [-0.2, -0.15) is 26.3 Å². The number of benzene rings is 1. The summed E-state index contributed by atoms with van der Waals surface area (Å²) in [6, 6.07) is 1.87. The number of hydrogen-bond acceptors (Lipinski definition) is 4. The van der Waals surface area contributed by atoms with Gasteiger partial charge in [0.05, 0.1) is 12.2 Å². The maximum atomic E-state index is 13.6. The molecule has 146 valence electrons. The summed E-state index contributed by atoms with van der Waals surface area (Å²) >= 11 is 5.47. The minimum Gasteiger partial charge on any atom is -0.463 e. The molecule has 0 spiro atoms. The number of halogens is 7. The highest BCUT2D eigenvalue weighted by Gasteiger charge is 2.63. The standard InChI is InChI=1S/C14H13ClF6N2O3/c1-3-26-11(25)12(14(19,20)21,22-7(2)24)23-10-5-4-8(15)6-9(10)13(16,17)18/h4-6,23H,3H2,1-2H3,(H,22,24)/t12-/m0/s1. The van der Waals surface area contributed by atoms with Crippen molar-refractivity contribution in [3.63, 3.8) is 0 Å². The predicted molar refractivity (Wildman–Crippen MR) is 79.3 cm³/mol. The average molecular weight is 407 g/mol. The molecule has 0 bridgehead atoms. The van der Waals surface area contributed by atoms with Crippen molar-refractivity contribution < 1.29 is 40.7 Å². The number of rotatable bonds is 5. The van der Waals surface area contributed by atoms with Gasteiger partial charge in [0.15, 0.2) is 0 Å². The second-order valence-electron chi connectivity index (χ2n) is 4.96. The van der Waals surface area contributed by atoms with Gasteiger partial charge in [-0.15, -0.1) is 0 Å². The summed E-state index contributed by atoms with van der Waals surface area (Å²) < 4.78 is 84.5. The molecule has 1 rings (SSSR count). The summed E-state index contributed by atoms with van der Waals surface area (Å²) in [6.07, 6.45) is -10.6. The van der Waals surface area contributed by atoms with Crippen LogP contribution in [0.25, 0.3) is 0 Å². The summed E-state index contributed by atoms with van der Waals surface area (Å²) in [7, 11) is 0. The van der Waals surface area contributed by atoms with E-state index in [0.717, 1.165) is 6.07 Å². The van der Waals surface area contributed by atoms with Gasteiger partial charge in [-0.1, -0.05) is 11.6 Å². The molecule has 0 saturated carbocycles. The van der Waals surface area contributed by atoms with Gasteiger partial charge in [0.25, 0.3) is 0 Å². The highest BCUT2D eigenvalue weighted by atomic mass is 35.5. The van der Waals surface area contributed by atoms with Crippen LogP contribution in [0.3, 0.4) is 0 Å². The van der Waals surface area contributed by atoms with E-state index in [2.05, 4.69) is 4.74 Å². The molecule has 0 aliphatic carbocycles. The molecule has 2 N–H and O–H groups in total. The van der Waals surface area contributed by atoms with E-state index in [9.17, 15) is 35.9 Å². The lowest BCUT2D eigenvalue weighted by Crippen LogP contribution is -2.69. The monoisotopic (exact) mass is 406 g/mol. The lowest BCUT2D eigenvalue weighted by atomic mass is 10.1. The Bertz CT molecular complexity index is 692. The van der Waals surface area contributed by atoms with Crippen molar-refractivity contribution in [1.29, 1.82) is 0 Å². The maximum absolute atomic E-state index is 13.6. The Morgan fingerprint density at radius 2 is 1.73 bits per heavy atom. The molecule has 1 atom stereocenters. The first-order valence-electron chi connectivity index (χ1n) is 6.92. The van der Waals surface area contributed by atoms with Crippen LogP contribution in [0, 0.1) is 0 Å². The van der Waals surface area contributed by atoms with Crippen LogP contribution in [0.5, 0.6) is 0 Å². The maximum Gasteiger partial charge on any atom is 0.441 e. The third-order valence-electron chi connectivity index (χ3n) is 2.98. The molecule has 26 heavy (non-hydrogen) atoms. The van der Waals surface area contributed by atoms with Gasteiger partial charge in [0.1, 0.15) is 0 Å². The largest absolute Gasteiger partial charge is 0.463 e. The van der Waals surface area contributed by atoms with Crippen LogP contribution in [-0.4, -0.2) is 30.3 Å². The molecule has 1 aromatic rings. The van der Waals surface area contributed by atoms with Gasteiger partial charge in [-0.3, -0.25) is 4.79 Å². The van der Waals surface area contributed by atoms with E-state index in [1.807, 2.05) is 0 Å². The second-order valence-corrected chi connectivity index (χ2v) is 5.40. The number of carbonyl (C=O) groups is 2. The number of alkyl halides is 6. The van der Waals surface area contributed by atoms with Crippen LogP contribution in [0.1, 0.15) is 19.4 Å². The molecule has 1 aromatic carbocycles. The molecular formula is C14H13ClF6N2O3. The topological polar surface area (TPSA) is 67.4 Å². The highest BCUT2D eigenvalue weighted by molar-refractivity contribution is 6.30. The summed E-state index contributed by atoms with van der Waals surface area (Å²) in [5.74, 6) is -3.35. The molecule has 1 amide bonds. The van der Waals surface area contributed by atoms with E-state index in [1.54, 1.807) is 0 Å². The molecule has 0 aliphatic rings. The zero-order valence-corrected chi connectivity index (χ0v) is 14.1. The molecule has 0 fully saturated rings. The summed E-state index contributed by atoms with van der Waals surface area (Å²) in [4.78, 5) is 23.2. The number of anilines is 1. The van der Waals surface area contributed by atoms with Gasteiger partial charge in [-0.05, 0) is 25.1 Å². The van der Waals surface area contributed by atoms with Gasteiger partial charge in [0.2, 0.25) is 5.91 Å². The SMILES string of the molecule is CCOC(=O)[C@](NC(C)=O)(Nc1ccc(Cl)cc1C(F)(F)F)C(F)(F)F. The zero-order chi connectivity index (χ0) is 20.3. The smallest absolute Gasteiger partial charge is 0.441 e. The first-order valence-corrected chi connectivity index (χ1v) is 7.30. The molecule has 12 heteroatoms. The number of esters is 1. The molecule has 0 saturated heterocycles. The van der Waals surface area contributed by atoms with Crippen molar-refractivity contribution in [3.8, 4) is 0 Å². The Labute approximate surface area is 148 Å². The van der Waals surface area contributed by atoms with E-state index in [-0.39, 0.29) is 0 Å². The molecule has 0 radical (unpaired) electrons. The first-order chi connectivity index (χ1) is 11.7. The van der Waals surface area contributed by atoms with Crippen molar-refractivity contribution in [1.82, 2.24) is 5.32 Å². The Balaban J connectivity index is 3.61. The number of ether oxygens (including phenoxy) is 1. The Morgan fingerprint density at radius 1 is 1.15 bits per heavy atom. The van der Waals surface area contributed by atoms with Crippen LogP contribution >= 0.6 is 11.6 Å². The Kier molecular flexibility index (Phi) is 6.40. The fourth-order valence-electron chi connectivity index (χ4n) is 1.96. The fraction of sp³-hybridized carbons (Fsp3) is 0.429. The number of hydrogen-bond donors (Lipinski definition) is 2. The van der Waals surface area contributed by atoms with E-state index in [1.165, 1.54) is 17.6 Å². The Morgan fingerprint density at radius 3 is 2.15 bits per heavy atom. The predicted octanol–water partition coefficient (Wildman–Crippen LogP) is 3.73. The van der Waals surface area contributed by atoms with Crippen molar-refractivity contribution in [2.24, 2.45) is 0 Å². The molecule has 0 aliphatic heterocycles. The van der Waals surface area contributed by atoms with Gasteiger partial charge >= 0.3 is 24.0 Å². The van der Waals surface area contributed by atoms with E-state index in [0.29, 0.717) is 19.1 Å². The second kappa shape index (κ2) is 7.60. The summed E-state index contributed by atoms with van der Waals surface area (Å²) in [6.45, 7) is 1.34. The zero-order valence-electron chi connectivity index (χ0n) is 13.3. The van der Waals surface area contributed by atoms with Crippen molar-refractivity contribution in [2.75, 3.05) is 11.9 Å². The average Bonchev–Trinajstić information content (AvgIpc) is 2.45. The van der Waals surface area contributed by atoms with Crippen LogP contribution in [0.2, 0.25) is 5.02 Å². The lowest BCUT2D eigenvalue weighted by Gasteiger charge is -2.35. The first kappa shape index (κ1) is 21.9. The van der Waals surface area contributed by atoms with Gasteiger partial charge < -0.3 is 15.4 Å². The minimum absolute atomic E-state index is 0.379. The molecule has 0 heterocycles. The quantitative estimate of drug-likeness (QED) is 0.444. The number of amides is 1. The fourth-order valence-corrected chi connectivity index (χ4v) is 2.13. The van der Waals surface area contributed by atoms with Gasteiger partial charge in [-0.25, -0.2) is 4.79 Å². The minimum atomic E-state index is -5.53. The third kappa shape index (κ3) is 4.71. The van der Waals surface area contributed by atoms with Crippen LogP contribution in [-0.2, 0) is 20.5 Å². The summed E-state index contributed by atoms with van der Waals surface area (Å²) in [5.41, 5.74) is -6.61. The van der Waals surface area contributed by atoms with Crippen molar-refractivity contribution in [2.45, 2.75) is 31.9 Å². The molecule has 0 unspecified atom stereocenters. The van der Waals surface area contributed by atoms with E-state index >= 15 is 0 Å². The van der Waals surface area contributed by atoms with E-state index in [4.69, 9.17) is 11.6 Å².